The molecule has 2 unspecified atom stereocenters. The zero-order chi connectivity index (χ0) is 8.97. The highest BCUT2D eigenvalue weighted by atomic mass is 32.1. The normalized spacial score (nSPS) is 25.0. The van der Waals surface area contributed by atoms with E-state index in [9.17, 15) is 0 Å². The second-order valence-electron chi connectivity index (χ2n) is 3.06. The number of rotatable bonds is 2. The summed E-state index contributed by atoms with van der Waals surface area (Å²) in [6.07, 6.45) is 2.64. The van der Waals surface area contributed by atoms with E-state index in [0.717, 1.165) is 13.0 Å². The second kappa shape index (κ2) is 4.62. The van der Waals surface area contributed by atoms with Crippen molar-refractivity contribution in [1.29, 1.82) is 0 Å². The number of nitrogens with one attached hydrogen (secondary N) is 2. The van der Waals surface area contributed by atoms with Crippen LogP contribution in [0.3, 0.4) is 0 Å². The molecule has 0 aliphatic carbocycles. The van der Waals surface area contributed by atoms with E-state index in [0.29, 0.717) is 17.3 Å². The third-order valence-electron chi connectivity index (χ3n) is 2.11. The average Bonchev–Trinajstić information content (AvgIpc) is 2.56. The highest BCUT2D eigenvalue weighted by Crippen LogP contribution is 2.14. The highest BCUT2D eigenvalue weighted by Gasteiger charge is 2.22. The number of hydrogen-bond donors (Lipinski definition) is 2. The standard InChI is InChI=1S/C8H16N2OS/c1-6(10-8(12)9-2)7-4-3-5-11-7/h6-7H,3-5H2,1-2H3,(H2,9,10,12). The molecule has 0 aromatic carbocycles. The molecule has 1 aliphatic rings. The van der Waals surface area contributed by atoms with Crippen molar-refractivity contribution in [1.82, 2.24) is 10.6 Å². The van der Waals surface area contributed by atoms with Crippen molar-refractivity contribution in [3.63, 3.8) is 0 Å². The third kappa shape index (κ3) is 2.60. The van der Waals surface area contributed by atoms with E-state index < -0.39 is 0 Å². The maximum absolute atomic E-state index is 5.51. The molecule has 1 rings (SSSR count). The van der Waals surface area contributed by atoms with E-state index in [1.165, 1.54) is 6.42 Å². The van der Waals surface area contributed by atoms with Crippen molar-refractivity contribution >= 4 is 17.3 Å². The summed E-state index contributed by atoms with van der Waals surface area (Å²) in [4.78, 5) is 0. The Labute approximate surface area is 78.9 Å². The molecule has 4 heteroatoms. The second-order valence-corrected chi connectivity index (χ2v) is 3.47. The first-order chi connectivity index (χ1) is 5.74. The van der Waals surface area contributed by atoms with Crippen LogP contribution < -0.4 is 10.6 Å². The molecule has 1 aliphatic heterocycles. The van der Waals surface area contributed by atoms with Crippen molar-refractivity contribution in [2.75, 3.05) is 13.7 Å². The van der Waals surface area contributed by atoms with Gasteiger partial charge in [0.25, 0.3) is 0 Å². The van der Waals surface area contributed by atoms with Crippen molar-refractivity contribution < 1.29 is 4.74 Å². The minimum absolute atomic E-state index is 0.312. The summed E-state index contributed by atoms with van der Waals surface area (Å²) in [5.41, 5.74) is 0. The molecule has 0 aromatic rings. The molecule has 0 saturated carbocycles. The fourth-order valence-corrected chi connectivity index (χ4v) is 1.55. The molecule has 0 spiro atoms. The van der Waals surface area contributed by atoms with Gasteiger partial charge in [-0.05, 0) is 32.0 Å². The molecule has 1 saturated heterocycles. The van der Waals surface area contributed by atoms with Gasteiger partial charge in [0.15, 0.2) is 5.11 Å². The van der Waals surface area contributed by atoms with Crippen LogP contribution in [0.1, 0.15) is 19.8 Å². The van der Waals surface area contributed by atoms with Gasteiger partial charge in [0.2, 0.25) is 0 Å². The van der Waals surface area contributed by atoms with Crippen LogP contribution in [-0.4, -0.2) is 30.9 Å². The van der Waals surface area contributed by atoms with E-state index in [2.05, 4.69) is 17.6 Å². The van der Waals surface area contributed by atoms with Crippen LogP contribution in [-0.2, 0) is 4.74 Å². The van der Waals surface area contributed by atoms with Crippen LogP contribution >= 0.6 is 12.2 Å². The van der Waals surface area contributed by atoms with Gasteiger partial charge in [-0.25, -0.2) is 0 Å². The molecular formula is C8H16N2OS. The zero-order valence-corrected chi connectivity index (χ0v) is 8.41. The molecule has 3 nitrogen and oxygen atoms in total. The number of thiocarbonyl (C=S) groups is 1. The van der Waals surface area contributed by atoms with Crippen molar-refractivity contribution in [3.8, 4) is 0 Å². The fraction of sp³-hybridized carbons (Fsp3) is 0.875. The van der Waals surface area contributed by atoms with E-state index in [-0.39, 0.29) is 0 Å². The Balaban J connectivity index is 2.26. The minimum Gasteiger partial charge on any atom is -0.376 e. The van der Waals surface area contributed by atoms with Crippen LogP contribution in [0.2, 0.25) is 0 Å². The molecule has 2 N–H and O–H groups in total. The van der Waals surface area contributed by atoms with Gasteiger partial charge in [0, 0.05) is 13.7 Å². The van der Waals surface area contributed by atoms with Gasteiger partial charge >= 0.3 is 0 Å². The molecule has 1 heterocycles. The molecule has 12 heavy (non-hydrogen) atoms. The lowest BCUT2D eigenvalue weighted by molar-refractivity contribution is 0.0893. The summed E-state index contributed by atoms with van der Waals surface area (Å²) >= 11 is 4.99. The maximum Gasteiger partial charge on any atom is 0.166 e. The highest BCUT2D eigenvalue weighted by molar-refractivity contribution is 7.80. The van der Waals surface area contributed by atoms with Gasteiger partial charge in [-0.1, -0.05) is 0 Å². The molecule has 2 atom stereocenters. The van der Waals surface area contributed by atoms with Gasteiger partial charge in [0.1, 0.15) is 0 Å². The number of hydrogen-bond acceptors (Lipinski definition) is 2. The maximum atomic E-state index is 5.51. The van der Waals surface area contributed by atoms with Crippen molar-refractivity contribution in [2.24, 2.45) is 0 Å². The molecule has 0 amide bonds. The SMILES string of the molecule is CNC(=S)NC(C)C1CCCO1. The summed E-state index contributed by atoms with van der Waals surface area (Å²) in [5, 5.41) is 6.74. The predicted molar refractivity (Wildman–Crippen MR) is 53.2 cm³/mol. The average molecular weight is 188 g/mol. The first-order valence-electron chi connectivity index (χ1n) is 4.34. The minimum atomic E-state index is 0.312. The van der Waals surface area contributed by atoms with E-state index >= 15 is 0 Å². The van der Waals surface area contributed by atoms with Gasteiger partial charge in [-0.15, -0.1) is 0 Å². The summed E-state index contributed by atoms with van der Waals surface area (Å²) in [6, 6.07) is 0.312. The first-order valence-corrected chi connectivity index (χ1v) is 4.74. The van der Waals surface area contributed by atoms with Crippen LogP contribution in [0, 0.1) is 0 Å². The number of ether oxygens (including phenoxy) is 1. The quantitative estimate of drug-likeness (QED) is 0.623. The summed E-state index contributed by atoms with van der Waals surface area (Å²) in [5.74, 6) is 0. The Morgan fingerprint density at radius 2 is 2.42 bits per heavy atom. The lowest BCUT2D eigenvalue weighted by Gasteiger charge is -2.20. The molecule has 1 fully saturated rings. The Hall–Kier alpha value is -0.350. The van der Waals surface area contributed by atoms with Crippen LogP contribution in [0.15, 0.2) is 0 Å². The largest absolute Gasteiger partial charge is 0.376 e. The Bertz CT molecular complexity index is 157. The van der Waals surface area contributed by atoms with E-state index in [1.807, 2.05) is 7.05 Å². The molecule has 0 radical (unpaired) electrons. The Kier molecular flexibility index (Phi) is 3.75. The Morgan fingerprint density at radius 3 is 2.92 bits per heavy atom. The lowest BCUT2D eigenvalue weighted by atomic mass is 10.1. The summed E-state index contributed by atoms with van der Waals surface area (Å²) < 4.78 is 5.51. The van der Waals surface area contributed by atoms with Crippen molar-refractivity contribution in [2.45, 2.75) is 31.9 Å². The van der Waals surface area contributed by atoms with Gasteiger partial charge in [-0.3, -0.25) is 0 Å². The first kappa shape index (κ1) is 9.74. The van der Waals surface area contributed by atoms with Gasteiger partial charge in [-0.2, -0.15) is 0 Å². The van der Waals surface area contributed by atoms with E-state index in [1.54, 1.807) is 0 Å². The summed E-state index contributed by atoms with van der Waals surface area (Å²) in [6.45, 7) is 2.99. The van der Waals surface area contributed by atoms with Crippen LogP contribution in [0.5, 0.6) is 0 Å². The topological polar surface area (TPSA) is 33.3 Å². The van der Waals surface area contributed by atoms with E-state index in [4.69, 9.17) is 17.0 Å². The Morgan fingerprint density at radius 1 is 1.67 bits per heavy atom. The molecular weight excluding hydrogens is 172 g/mol. The predicted octanol–water partition coefficient (Wildman–Crippen LogP) is 0.648. The fourth-order valence-electron chi connectivity index (χ4n) is 1.37. The molecule has 70 valence electrons. The van der Waals surface area contributed by atoms with Crippen molar-refractivity contribution in [3.05, 3.63) is 0 Å². The van der Waals surface area contributed by atoms with Crippen LogP contribution in [0.4, 0.5) is 0 Å². The molecule has 0 aromatic heterocycles. The zero-order valence-electron chi connectivity index (χ0n) is 7.59. The van der Waals surface area contributed by atoms with Crippen LogP contribution in [0.25, 0.3) is 0 Å². The monoisotopic (exact) mass is 188 g/mol. The summed E-state index contributed by atoms with van der Waals surface area (Å²) in [7, 11) is 1.82. The van der Waals surface area contributed by atoms with Gasteiger partial charge < -0.3 is 15.4 Å². The smallest absolute Gasteiger partial charge is 0.166 e. The molecule has 0 bridgehead atoms. The third-order valence-corrected chi connectivity index (χ3v) is 2.43. The lowest BCUT2D eigenvalue weighted by Crippen LogP contribution is -2.44. The van der Waals surface area contributed by atoms with Gasteiger partial charge in [0.05, 0.1) is 12.1 Å².